The van der Waals surface area contributed by atoms with Crippen molar-refractivity contribution in [3.8, 4) is 5.75 Å². The van der Waals surface area contributed by atoms with E-state index in [0.29, 0.717) is 43.9 Å². The molecule has 8 nitrogen and oxygen atoms in total. The van der Waals surface area contributed by atoms with Crippen LogP contribution < -0.4 is 4.74 Å². The third kappa shape index (κ3) is 3.54. The summed E-state index contributed by atoms with van der Waals surface area (Å²) in [6.07, 6.45) is 2.09. The quantitative estimate of drug-likeness (QED) is 0.620. The van der Waals surface area contributed by atoms with Gasteiger partial charge in [-0.05, 0) is 36.6 Å². The summed E-state index contributed by atoms with van der Waals surface area (Å²) in [5, 5.41) is 8.63. The molecule has 1 amide bonds. The largest absolute Gasteiger partial charge is 0.493 e. The minimum atomic E-state index is -3.59. The first-order valence-electron chi connectivity index (χ1n) is 9.95. The molecule has 0 saturated carbocycles. The highest BCUT2D eigenvalue weighted by atomic mass is 32.2. The Balaban J connectivity index is 1.58. The number of hydrogen-bond donors (Lipinski definition) is 0. The summed E-state index contributed by atoms with van der Waals surface area (Å²) in [6.45, 7) is 3.05. The van der Waals surface area contributed by atoms with Crippen LogP contribution in [0, 0.1) is 0 Å². The van der Waals surface area contributed by atoms with Gasteiger partial charge in [-0.2, -0.15) is 0 Å². The molecule has 9 heteroatoms. The second-order valence-electron chi connectivity index (χ2n) is 7.35. The van der Waals surface area contributed by atoms with E-state index in [2.05, 4.69) is 10.2 Å². The molecule has 1 saturated heterocycles. The fourth-order valence-electron chi connectivity index (χ4n) is 3.95. The third-order valence-corrected chi connectivity index (χ3v) is 7.72. The number of fused-ring (bicyclic) bond motifs is 1. The first kappa shape index (κ1) is 20.3. The lowest BCUT2D eigenvalue weighted by molar-refractivity contribution is 0.0723. The Morgan fingerprint density at radius 3 is 2.57 bits per heavy atom. The van der Waals surface area contributed by atoms with E-state index in [1.165, 1.54) is 10.9 Å². The molecule has 0 bridgehead atoms. The van der Waals surface area contributed by atoms with Gasteiger partial charge in [0.05, 0.1) is 17.4 Å². The van der Waals surface area contributed by atoms with Crippen LogP contribution in [0.4, 0.5) is 0 Å². The Labute approximate surface area is 175 Å². The van der Waals surface area contributed by atoms with Crippen LogP contribution in [-0.2, 0) is 16.9 Å². The average Bonchev–Trinajstić information content (AvgIpc) is 3.20. The normalized spacial score (nSPS) is 15.5. The fraction of sp³-hybridized carbons (Fsp3) is 0.381. The predicted molar refractivity (Wildman–Crippen MR) is 112 cm³/mol. The van der Waals surface area contributed by atoms with Crippen molar-refractivity contribution in [1.29, 1.82) is 0 Å². The number of rotatable bonds is 5. The number of aryl methyl sites for hydroxylation is 1. The second kappa shape index (κ2) is 8.06. The maximum absolute atomic E-state index is 13.4. The molecular formula is C21H24N4O4S. The highest BCUT2D eigenvalue weighted by molar-refractivity contribution is 7.91. The Morgan fingerprint density at radius 1 is 1.17 bits per heavy atom. The van der Waals surface area contributed by atoms with Crippen LogP contribution in [0.15, 0.2) is 47.9 Å². The summed E-state index contributed by atoms with van der Waals surface area (Å²) in [7, 11) is -1.98. The third-order valence-electron chi connectivity index (χ3n) is 5.50. The molecule has 0 spiro atoms. The van der Waals surface area contributed by atoms with E-state index < -0.39 is 15.1 Å². The molecule has 1 aliphatic heterocycles. The highest BCUT2D eigenvalue weighted by Crippen LogP contribution is 2.31. The van der Waals surface area contributed by atoms with Gasteiger partial charge in [-0.25, -0.2) is 8.42 Å². The van der Waals surface area contributed by atoms with Gasteiger partial charge >= 0.3 is 0 Å². The number of hydrogen-bond acceptors (Lipinski definition) is 6. The van der Waals surface area contributed by atoms with Crippen molar-refractivity contribution < 1.29 is 17.9 Å². The molecule has 2 heterocycles. The first-order chi connectivity index (χ1) is 14.4. The van der Waals surface area contributed by atoms with E-state index in [0.717, 1.165) is 10.8 Å². The van der Waals surface area contributed by atoms with Crippen molar-refractivity contribution in [2.45, 2.75) is 30.2 Å². The molecule has 4 rings (SSSR count). The zero-order valence-electron chi connectivity index (χ0n) is 17.0. The Hall–Kier alpha value is -2.94. The Morgan fingerprint density at radius 2 is 1.90 bits per heavy atom. The molecule has 0 N–H and O–H groups in total. The predicted octanol–water partition coefficient (Wildman–Crippen LogP) is 2.45. The van der Waals surface area contributed by atoms with Gasteiger partial charge in [0.1, 0.15) is 12.1 Å². The fourth-order valence-corrected chi connectivity index (χ4v) is 5.69. The van der Waals surface area contributed by atoms with Gasteiger partial charge in [0.25, 0.3) is 5.91 Å². The lowest BCUT2D eigenvalue weighted by Gasteiger charge is -2.32. The number of benzene rings is 2. The van der Waals surface area contributed by atoms with Gasteiger partial charge in [-0.1, -0.05) is 30.3 Å². The van der Waals surface area contributed by atoms with Crippen molar-refractivity contribution in [3.05, 3.63) is 48.3 Å². The zero-order chi connectivity index (χ0) is 21.3. The molecule has 1 aromatic heterocycles. The van der Waals surface area contributed by atoms with Crippen LogP contribution in [0.2, 0.25) is 0 Å². The van der Waals surface area contributed by atoms with E-state index in [1.54, 1.807) is 11.9 Å². The molecule has 0 aliphatic carbocycles. The van der Waals surface area contributed by atoms with E-state index in [-0.39, 0.29) is 11.1 Å². The summed E-state index contributed by atoms with van der Waals surface area (Å²) in [5.74, 6) is 0.416. The van der Waals surface area contributed by atoms with Gasteiger partial charge < -0.3 is 14.2 Å². The number of piperidine rings is 1. The summed E-state index contributed by atoms with van der Waals surface area (Å²) in [5.41, 5.74) is 0.532. The van der Waals surface area contributed by atoms with Crippen LogP contribution >= 0.6 is 0 Å². The smallest absolute Gasteiger partial charge is 0.258 e. The van der Waals surface area contributed by atoms with Gasteiger partial charge in [0.2, 0.25) is 15.0 Å². The molecule has 1 fully saturated rings. The van der Waals surface area contributed by atoms with Crippen LogP contribution in [0.5, 0.6) is 5.75 Å². The lowest BCUT2D eigenvalue weighted by atomic mass is 10.0. The van der Waals surface area contributed by atoms with Gasteiger partial charge in [0, 0.05) is 20.1 Å². The minimum absolute atomic E-state index is 0.0278. The summed E-state index contributed by atoms with van der Waals surface area (Å²) in [4.78, 5) is 15.1. The minimum Gasteiger partial charge on any atom is -0.493 e. The van der Waals surface area contributed by atoms with E-state index in [9.17, 15) is 13.2 Å². The molecule has 1 aliphatic rings. The van der Waals surface area contributed by atoms with Gasteiger partial charge in [0.15, 0.2) is 0 Å². The Bertz CT molecular complexity index is 1180. The first-order valence-corrected chi connectivity index (χ1v) is 11.5. The van der Waals surface area contributed by atoms with E-state index in [1.807, 2.05) is 43.3 Å². The number of carbonyl (C=O) groups is 1. The Kier molecular flexibility index (Phi) is 5.46. The van der Waals surface area contributed by atoms with Crippen LogP contribution in [0.3, 0.4) is 0 Å². The second-order valence-corrected chi connectivity index (χ2v) is 9.48. The van der Waals surface area contributed by atoms with Crippen molar-refractivity contribution >= 4 is 26.5 Å². The van der Waals surface area contributed by atoms with E-state index in [4.69, 9.17) is 4.74 Å². The van der Waals surface area contributed by atoms with E-state index >= 15 is 0 Å². The molecule has 0 radical (unpaired) electrons. The molecule has 3 aromatic rings. The molecule has 0 atom stereocenters. The van der Waals surface area contributed by atoms with Crippen LogP contribution in [-0.4, -0.2) is 58.9 Å². The number of carbonyl (C=O) groups excluding carboxylic acids is 1. The topological polar surface area (TPSA) is 94.4 Å². The summed E-state index contributed by atoms with van der Waals surface area (Å²) >= 11 is 0. The van der Waals surface area contributed by atoms with Crippen LogP contribution in [0.25, 0.3) is 10.8 Å². The van der Waals surface area contributed by atoms with Crippen molar-refractivity contribution in [1.82, 2.24) is 19.7 Å². The van der Waals surface area contributed by atoms with Gasteiger partial charge in [-0.3, -0.25) is 4.79 Å². The van der Waals surface area contributed by atoms with Crippen molar-refractivity contribution in [2.24, 2.45) is 7.05 Å². The summed E-state index contributed by atoms with van der Waals surface area (Å²) < 4.78 is 32.9. The zero-order valence-corrected chi connectivity index (χ0v) is 17.8. The van der Waals surface area contributed by atoms with Gasteiger partial charge in [-0.15, -0.1) is 10.2 Å². The van der Waals surface area contributed by atoms with Crippen LogP contribution in [0.1, 0.15) is 30.1 Å². The highest BCUT2D eigenvalue weighted by Gasteiger charge is 2.36. The number of amides is 1. The molecular weight excluding hydrogens is 404 g/mol. The summed E-state index contributed by atoms with van der Waals surface area (Å²) in [6, 6.07) is 11.5. The SMILES string of the molecule is CCOc1ccc2ccccc2c1C(=O)N1CCC(S(=O)(=O)c2nncn2C)CC1. The maximum Gasteiger partial charge on any atom is 0.258 e. The maximum atomic E-state index is 13.4. The number of ether oxygens (including phenoxy) is 1. The number of nitrogens with zero attached hydrogens (tertiary/aromatic N) is 4. The molecule has 2 aromatic carbocycles. The number of likely N-dealkylation sites (tertiary alicyclic amines) is 1. The standard InChI is InChI=1S/C21H24N4O4S/c1-3-29-18-9-8-15-6-4-5-7-17(15)19(18)20(26)25-12-10-16(11-13-25)30(27,28)21-23-22-14-24(21)2/h4-9,14,16H,3,10-13H2,1-2H3. The molecule has 30 heavy (non-hydrogen) atoms. The molecule has 158 valence electrons. The average molecular weight is 429 g/mol. The number of sulfone groups is 1. The van der Waals surface area contributed by atoms with Crippen molar-refractivity contribution in [2.75, 3.05) is 19.7 Å². The monoisotopic (exact) mass is 428 g/mol. The lowest BCUT2D eigenvalue weighted by Crippen LogP contribution is -2.43. The molecule has 0 unspecified atom stereocenters. The van der Waals surface area contributed by atoms with Crippen molar-refractivity contribution in [3.63, 3.8) is 0 Å². The number of aromatic nitrogens is 3.